The van der Waals surface area contributed by atoms with E-state index in [9.17, 15) is 10.1 Å². The molecule has 0 unspecified atom stereocenters. The van der Waals surface area contributed by atoms with Crippen molar-refractivity contribution < 1.29 is 28.4 Å². The van der Waals surface area contributed by atoms with Crippen LogP contribution in [0.1, 0.15) is 11.1 Å². The average Bonchev–Trinajstić information content (AvgIpc) is 3.32. The summed E-state index contributed by atoms with van der Waals surface area (Å²) in [7, 11) is 1.62. The van der Waals surface area contributed by atoms with Crippen LogP contribution in [0.3, 0.4) is 0 Å². The third-order valence-corrected chi connectivity index (χ3v) is 6.33. The first-order valence-electron chi connectivity index (χ1n) is 10.9. The number of fused-ring (bicyclic) bond motifs is 5. The summed E-state index contributed by atoms with van der Waals surface area (Å²) in [6.45, 7) is 1.35. The molecule has 0 fully saturated rings. The monoisotopic (exact) mass is 457 g/mol. The Balaban J connectivity index is 1.39. The first-order valence-corrected chi connectivity index (χ1v) is 10.9. The Kier molecular flexibility index (Phi) is 4.72. The van der Waals surface area contributed by atoms with Crippen LogP contribution in [0.15, 0.2) is 60.8 Å². The number of nitrogens with zero attached hydrogens (tertiary/aromatic N) is 2. The van der Waals surface area contributed by atoms with Gasteiger partial charge in [0, 0.05) is 24.6 Å². The molecular weight excluding hydrogens is 436 g/mol. The van der Waals surface area contributed by atoms with E-state index in [0.29, 0.717) is 11.5 Å². The maximum absolute atomic E-state index is 10.9. The molecule has 170 valence electrons. The van der Waals surface area contributed by atoms with Crippen molar-refractivity contribution in [2.45, 2.75) is 19.6 Å². The molecule has 0 amide bonds. The van der Waals surface area contributed by atoms with E-state index in [2.05, 4.69) is 29.0 Å². The summed E-state index contributed by atoms with van der Waals surface area (Å²) in [6.07, 6.45) is 2.99. The van der Waals surface area contributed by atoms with Crippen LogP contribution in [-0.4, -0.2) is 18.8 Å². The third-order valence-electron chi connectivity index (χ3n) is 6.33. The zero-order valence-electron chi connectivity index (χ0n) is 18.4. The normalized spacial score (nSPS) is 13.3. The van der Waals surface area contributed by atoms with Crippen LogP contribution in [-0.2, 0) is 19.6 Å². The second-order valence-corrected chi connectivity index (χ2v) is 8.28. The topological polar surface area (TPSA) is 83.9 Å². The molecule has 0 aliphatic carbocycles. The van der Waals surface area contributed by atoms with E-state index in [1.165, 1.54) is 17.7 Å². The summed E-state index contributed by atoms with van der Waals surface area (Å²) in [5, 5.41) is 12.9. The fourth-order valence-corrected chi connectivity index (χ4v) is 4.58. The van der Waals surface area contributed by atoms with Gasteiger partial charge in [0.2, 0.25) is 12.5 Å². The predicted octanol–water partition coefficient (Wildman–Crippen LogP) is 4.57. The van der Waals surface area contributed by atoms with Gasteiger partial charge >= 0.3 is 0 Å². The second kappa shape index (κ2) is 7.91. The molecular formula is C26H21N2O6+. The van der Waals surface area contributed by atoms with Gasteiger partial charge in [-0.15, -0.1) is 0 Å². The van der Waals surface area contributed by atoms with Gasteiger partial charge in [0.25, 0.3) is 5.69 Å². The number of hydrogen-bond acceptors (Lipinski definition) is 6. The number of benzene rings is 3. The SMILES string of the molecule is COc1ccc2cc3[n+](cc2c1OCc1ccc([N+](=O)[O-])cc1)CCc1cc2c(cc1-3)OCO2. The number of rotatable bonds is 5. The van der Waals surface area contributed by atoms with Crippen LogP contribution in [0.25, 0.3) is 22.0 Å². The molecule has 0 spiro atoms. The fraction of sp³-hybridized carbons (Fsp3) is 0.192. The minimum atomic E-state index is -0.412. The molecule has 8 heteroatoms. The molecule has 1 aromatic heterocycles. The van der Waals surface area contributed by atoms with E-state index in [0.717, 1.165) is 52.1 Å². The van der Waals surface area contributed by atoms with Gasteiger partial charge in [0.15, 0.2) is 35.7 Å². The molecule has 0 saturated carbocycles. The first-order chi connectivity index (χ1) is 16.6. The van der Waals surface area contributed by atoms with Crippen LogP contribution in [0.5, 0.6) is 23.0 Å². The molecule has 2 aliphatic rings. The molecule has 4 aromatic rings. The first kappa shape index (κ1) is 20.3. The standard InChI is InChI=1S/C26H21N2O6/c1-31-23-7-4-17-10-22-20-12-25-24(33-15-34-25)11-18(20)8-9-27(22)13-21(17)26(23)32-14-16-2-5-19(6-3-16)28(29)30/h2-7,10-13H,8-9,14-15H2,1H3/q+1. The van der Waals surface area contributed by atoms with Crippen molar-refractivity contribution in [3.8, 4) is 34.3 Å². The summed E-state index contributed by atoms with van der Waals surface area (Å²) >= 11 is 0. The van der Waals surface area contributed by atoms with E-state index in [-0.39, 0.29) is 19.1 Å². The largest absolute Gasteiger partial charge is 0.493 e. The maximum Gasteiger partial charge on any atom is 0.269 e. The summed E-state index contributed by atoms with van der Waals surface area (Å²) in [6, 6.07) is 16.6. The number of non-ortho nitro benzene ring substituents is 1. The molecule has 3 heterocycles. The van der Waals surface area contributed by atoms with Crippen molar-refractivity contribution >= 4 is 16.5 Å². The van der Waals surface area contributed by atoms with Gasteiger partial charge in [-0.1, -0.05) is 0 Å². The molecule has 8 nitrogen and oxygen atoms in total. The lowest BCUT2D eigenvalue weighted by atomic mass is 9.95. The predicted molar refractivity (Wildman–Crippen MR) is 123 cm³/mol. The summed E-state index contributed by atoms with van der Waals surface area (Å²) in [4.78, 5) is 10.5. The smallest absolute Gasteiger partial charge is 0.269 e. The third kappa shape index (κ3) is 3.35. The van der Waals surface area contributed by atoms with Crippen LogP contribution >= 0.6 is 0 Å². The van der Waals surface area contributed by atoms with E-state index in [1.54, 1.807) is 19.2 Å². The lowest BCUT2D eigenvalue weighted by Crippen LogP contribution is -2.40. The Morgan fingerprint density at radius 3 is 2.62 bits per heavy atom. The zero-order chi connectivity index (χ0) is 23.2. The summed E-state index contributed by atoms with van der Waals surface area (Å²) < 4.78 is 25.2. The van der Waals surface area contributed by atoms with Gasteiger partial charge in [-0.05, 0) is 52.9 Å². The number of pyridine rings is 1. The molecule has 0 radical (unpaired) electrons. The van der Waals surface area contributed by atoms with E-state index in [4.69, 9.17) is 18.9 Å². The van der Waals surface area contributed by atoms with Gasteiger partial charge < -0.3 is 18.9 Å². The van der Waals surface area contributed by atoms with Crippen molar-refractivity contribution in [1.82, 2.24) is 0 Å². The maximum atomic E-state index is 10.9. The van der Waals surface area contributed by atoms with Crippen molar-refractivity contribution in [2.24, 2.45) is 0 Å². The van der Waals surface area contributed by atoms with Crippen molar-refractivity contribution in [3.63, 3.8) is 0 Å². The molecule has 0 saturated heterocycles. The molecule has 0 N–H and O–H groups in total. The molecule has 34 heavy (non-hydrogen) atoms. The van der Waals surface area contributed by atoms with E-state index >= 15 is 0 Å². The quantitative estimate of drug-likeness (QED) is 0.248. The Morgan fingerprint density at radius 2 is 1.85 bits per heavy atom. The number of aromatic nitrogens is 1. The Hall–Kier alpha value is -4.33. The number of nitro groups is 1. The molecule has 2 aliphatic heterocycles. The van der Waals surface area contributed by atoms with Gasteiger partial charge in [0.05, 0.1) is 23.0 Å². The highest BCUT2D eigenvalue weighted by molar-refractivity contribution is 5.91. The van der Waals surface area contributed by atoms with Gasteiger partial charge in [0.1, 0.15) is 6.61 Å². The Labute approximate surface area is 195 Å². The minimum absolute atomic E-state index is 0.0532. The van der Waals surface area contributed by atoms with Crippen LogP contribution in [0.4, 0.5) is 5.69 Å². The fourth-order valence-electron chi connectivity index (χ4n) is 4.58. The highest BCUT2D eigenvalue weighted by Crippen LogP contribution is 2.41. The minimum Gasteiger partial charge on any atom is -0.493 e. The van der Waals surface area contributed by atoms with Crippen LogP contribution in [0, 0.1) is 10.1 Å². The number of nitro benzene ring substituents is 1. The van der Waals surface area contributed by atoms with Gasteiger partial charge in [-0.3, -0.25) is 10.1 Å². The lowest BCUT2D eigenvalue weighted by molar-refractivity contribution is -0.686. The number of methoxy groups -OCH3 is 1. The van der Waals surface area contributed by atoms with Gasteiger partial charge in [-0.2, -0.15) is 4.57 Å². The molecule has 3 aromatic carbocycles. The van der Waals surface area contributed by atoms with Crippen molar-refractivity contribution in [1.29, 1.82) is 0 Å². The highest BCUT2D eigenvalue weighted by atomic mass is 16.7. The average molecular weight is 457 g/mol. The zero-order valence-corrected chi connectivity index (χ0v) is 18.4. The Bertz CT molecular complexity index is 1450. The number of hydrogen-bond donors (Lipinski definition) is 0. The summed E-state index contributed by atoms with van der Waals surface area (Å²) in [5.74, 6) is 2.86. The number of aryl methyl sites for hydroxylation is 2. The Morgan fingerprint density at radius 1 is 1.06 bits per heavy atom. The van der Waals surface area contributed by atoms with E-state index < -0.39 is 4.92 Å². The molecule has 0 atom stereocenters. The van der Waals surface area contributed by atoms with Crippen molar-refractivity contribution in [2.75, 3.05) is 13.9 Å². The van der Waals surface area contributed by atoms with Crippen LogP contribution in [0.2, 0.25) is 0 Å². The number of ether oxygens (including phenoxy) is 4. The van der Waals surface area contributed by atoms with Crippen molar-refractivity contribution in [3.05, 3.63) is 82.0 Å². The summed E-state index contributed by atoms with van der Waals surface area (Å²) in [5.41, 5.74) is 4.38. The second-order valence-electron chi connectivity index (χ2n) is 8.28. The lowest BCUT2D eigenvalue weighted by Gasteiger charge is -2.18. The molecule has 0 bridgehead atoms. The van der Waals surface area contributed by atoms with Gasteiger partial charge in [-0.25, -0.2) is 0 Å². The van der Waals surface area contributed by atoms with E-state index in [1.807, 2.05) is 12.1 Å². The highest BCUT2D eigenvalue weighted by Gasteiger charge is 2.28. The van der Waals surface area contributed by atoms with Crippen LogP contribution < -0.4 is 23.5 Å². The molecule has 6 rings (SSSR count).